The van der Waals surface area contributed by atoms with Crippen LogP contribution >= 0.6 is 15.9 Å². The van der Waals surface area contributed by atoms with Crippen molar-refractivity contribution in [2.45, 2.75) is 45.1 Å². The molecule has 2 aromatic heterocycles. The Balaban J connectivity index is 2.32. The first-order valence-electron chi connectivity index (χ1n) is 7.97. The summed E-state index contributed by atoms with van der Waals surface area (Å²) in [7, 11) is 0. The molecule has 2 rings (SSSR count). The van der Waals surface area contributed by atoms with Gasteiger partial charge in [-0.15, -0.1) is 16.8 Å². The van der Waals surface area contributed by atoms with Crippen molar-refractivity contribution in [2.75, 3.05) is 0 Å². The molecule has 1 N–H and O–H groups in total. The quantitative estimate of drug-likeness (QED) is 0.430. The summed E-state index contributed by atoms with van der Waals surface area (Å²) in [5.74, 6) is -0.583. The van der Waals surface area contributed by atoms with Crippen LogP contribution in [0.15, 0.2) is 35.6 Å². The molecule has 0 spiro atoms. The molecule has 2 heterocycles. The average Bonchev–Trinajstić information content (AvgIpc) is 3.05. The Bertz CT molecular complexity index is 695. The molecule has 2 aromatic rings. The van der Waals surface area contributed by atoms with Gasteiger partial charge >= 0.3 is 5.97 Å². The lowest BCUT2D eigenvalue weighted by atomic mass is 9.84. The maximum absolute atomic E-state index is 12.8. The second-order valence-corrected chi connectivity index (χ2v) is 7.55. The number of aromatic nitrogens is 5. The van der Waals surface area contributed by atoms with E-state index in [0.29, 0.717) is 18.7 Å². The number of carbonyl (C=O) groups excluding carboxylic acids is 1. The lowest BCUT2D eigenvalue weighted by Gasteiger charge is -2.27. The second kappa shape index (κ2) is 8.33. The van der Waals surface area contributed by atoms with E-state index in [1.165, 1.54) is 0 Å². The number of aromatic amines is 1. The molecular formula is C17H22BrN5O2. The number of tetrazole rings is 1. The summed E-state index contributed by atoms with van der Waals surface area (Å²) in [6, 6.07) is 3.81. The van der Waals surface area contributed by atoms with E-state index in [0.717, 1.165) is 10.2 Å². The Morgan fingerprint density at radius 1 is 1.44 bits per heavy atom. The van der Waals surface area contributed by atoms with Crippen LogP contribution in [0.1, 0.15) is 44.5 Å². The minimum absolute atomic E-state index is 0.297. The van der Waals surface area contributed by atoms with Gasteiger partial charge in [0.2, 0.25) is 0 Å². The summed E-state index contributed by atoms with van der Waals surface area (Å²) < 4.78 is 6.34. The number of hydrogen-bond donors (Lipinski definition) is 1. The zero-order chi connectivity index (χ0) is 18.4. The van der Waals surface area contributed by atoms with Gasteiger partial charge in [-0.05, 0) is 61.2 Å². The van der Waals surface area contributed by atoms with Crippen molar-refractivity contribution in [3.63, 3.8) is 0 Å². The van der Waals surface area contributed by atoms with Gasteiger partial charge in [-0.1, -0.05) is 17.4 Å². The molecule has 0 aliphatic heterocycles. The normalized spacial score (nSPS) is 13.9. The third kappa shape index (κ3) is 5.74. The smallest absolute Gasteiger partial charge is 0.310 e. The number of allylic oxidation sites excluding steroid dienone is 1. The third-order valence-electron chi connectivity index (χ3n) is 3.55. The van der Waals surface area contributed by atoms with Gasteiger partial charge in [0, 0.05) is 12.1 Å². The molecule has 134 valence electrons. The molecule has 0 fully saturated rings. The number of hydrogen-bond acceptors (Lipinski definition) is 6. The fraction of sp³-hybridized carbons (Fsp3) is 0.471. The summed E-state index contributed by atoms with van der Waals surface area (Å²) in [4.78, 5) is 17.0. The predicted molar refractivity (Wildman–Crippen MR) is 96.7 cm³/mol. The van der Waals surface area contributed by atoms with Gasteiger partial charge in [0.15, 0.2) is 5.82 Å². The van der Waals surface area contributed by atoms with Crippen LogP contribution in [-0.4, -0.2) is 37.2 Å². The lowest BCUT2D eigenvalue weighted by Crippen LogP contribution is -2.32. The minimum Gasteiger partial charge on any atom is -0.460 e. The molecule has 0 radical (unpaired) electrons. The number of H-pyrrole nitrogens is 1. The molecule has 8 heteroatoms. The van der Waals surface area contributed by atoms with Crippen LogP contribution < -0.4 is 0 Å². The predicted octanol–water partition coefficient (Wildman–Crippen LogP) is 3.22. The molecule has 2 atom stereocenters. The van der Waals surface area contributed by atoms with E-state index in [-0.39, 0.29) is 11.9 Å². The van der Waals surface area contributed by atoms with Crippen molar-refractivity contribution in [3.8, 4) is 0 Å². The standard InChI is InChI=1S/C17H22BrN5O2/c1-5-6-12(16(24)25-17(2,3)4)13(15-20-22-23-21-15)9-11-7-8-14(18)19-10-11/h5,7-8,10,12-13H,1,6,9H2,2-4H3,(H,20,21,22,23)/t12-,13-/m0/s1. The Morgan fingerprint density at radius 3 is 2.72 bits per heavy atom. The van der Waals surface area contributed by atoms with E-state index in [1.54, 1.807) is 12.3 Å². The SMILES string of the molecule is C=CC[C@H](C(=O)OC(C)(C)C)[C@H](Cc1ccc(Br)nc1)c1nn[nH]n1. The topological polar surface area (TPSA) is 93.6 Å². The number of nitrogens with zero attached hydrogens (tertiary/aromatic N) is 4. The number of carbonyl (C=O) groups is 1. The van der Waals surface area contributed by atoms with Crippen LogP contribution in [0.2, 0.25) is 0 Å². The first-order chi connectivity index (χ1) is 11.8. The molecule has 0 amide bonds. The molecule has 0 unspecified atom stereocenters. The molecule has 0 aliphatic carbocycles. The van der Waals surface area contributed by atoms with Gasteiger partial charge in [0.1, 0.15) is 10.2 Å². The van der Waals surface area contributed by atoms with Crippen LogP contribution in [-0.2, 0) is 16.0 Å². The van der Waals surface area contributed by atoms with E-state index < -0.39 is 11.5 Å². The van der Waals surface area contributed by atoms with E-state index >= 15 is 0 Å². The summed E-state index contributed by atoms with van der Waals surface area (Å²) in [6.07, 6.45) is 4.47. The van der Waals surface area contributed by atoms with Gasteiger partial charge in [-0.3, -0.25) is 4.79 Å². The van der Waals surface area contributed by atoms with Crippen molar-refractivity contribution in [1.82, 2.24) is 25.6 Å². The number of rotatable bonds is 7. The first kappa shape index (κ1) is 19.2. The lowest BCUT2D eigenvalue weighted by molar-refractivity contribution is -0.160. The van der Waals surface area contributed by atoms with Crippen molar-refractivity contribution < 1.29 is 9.53 Å². The number of ether oxygens (including phenoxy) is 1. The zero-order valence-electron chi connectivity index (χ0n) is 14.6. The third-order valence-corrected chi connectivity index (χ3v) is 4.02. The highest BCUT2D eigenvalue weighted by atomic mass is 79.9. The van der Waals surface area contributed by atoms with Crippen LogP contribution in [0.5, 0.6) is 0 Å². The van der Waals surface area contributed by atoms with Crippen molar-refractivity contribution in [2.24, 2.45) is 5.92 Å². The summed E-state index contributed by atoms with van der Waals surface area (Å²) in [5, 5.41) is 14.3. The second-order valence-electron chi connectivity index (χ2n) is 6.73. The highest BCUT2D eigenvalue weighted by Gasteiger charge is 2.35. The molecule has 0 saturated heterocycles. The fourth-order valence-corrected chi connectivity index (χ4v) is 2.74. The number of esters is 1. The Hall–Kier alpha value is -2.09. The Labute approximate surface area is 155 Å². The largest absolute Gasteiger partial charge is 0.460 e. The zero-order valence-corrected chi connectivity index (χ0v) is 16.2. The van der Waals surface area contributed by atoms with E-state index in [4.69, 9.17) is 4.74 Å². The average molecular weight is 408 g/mol. The van der Waals surface area contributed by atoms with Crippen LogP contribution in [0.3, 0.4) is 0 Å². The molecule has 0 bridgehead atoms. The van der Waals surface area contributed by atoms with Crippen LogP contribution in [0.4, 0.5) is 0 Å². The summed E-state index contributed by atoms with van der Waals surface area (Å²) >= 11 is 3.32. The molecule has 7 nitrogen and oxygen atoms in total. The van der Waals surface area contributed by atoms with Gasteiger partial charge in [0.05, 0.1) is 5.92 Å². The Morgan fingerprint density at radius 2 is 2.20 bits per heavy atom. The molecule has 0 aromatic carbocycles. The summed E-state index contributed by atoms with van der Waals surface area (Å²) in [5.41, 5.74) is 0.396. The summed E-state index contributed by atoms with van der Waals surface area (Å²) in [6.45, 7) is 9.31. The van der Waals surface area contributed by atoms with Crippen LogP contribution in [0.25, 0.3) is 0 Å². The van der Waals surface area contributed by atoms with E-state index in [2.05, 4.69) is 48.1 Å². The maximum atomic E-state index is 12.8. The monoisotopic (exact) mass is 407 g/mol. The Kier molecular flexibility index (Phi) is 6.41. The van der Waals surface area contributed by atoms with Gasteiger partial charge in [-0.25, -0.2) is 4.98 Å². The maximum Gasteiger partial charge on any atom is 0.310 e. The van der Waals surface area contributed by atoms with Crippen molar-refractivity contribution >= 4 is 21.9 Å². The number of pyridine rings is 1. The first-order valence-corrected chi connectivity index (χ1v) is 8.77. The molecule has 0 aliphatic rings. The minimum atomic E-state index is -0.572. The van der Waals surface area contributed by atoms with Crippen molar-refractivity contribution in [3.05, 3.63) is 47.0 Å². The molecule has 0 saturated carbocycles. The fourth-order valence-electron chi connectivity index (χ4n) is 2.50. The van der Waals surface area contributed by atoms with E-state index in [1.807, 2.05) is 32.9 Å². The van der Waals surface area contributed by atoms with Gasteiger partial charge in [-0.2, -0.15) is 5.21 Å². The highest BCUT2D eigenvalue weighted by Crippen LogP contribution is 2.31. The number of halogens is 1. The van der Waals surface area contributed by atoms with Crippen LogP contribution in [0, 0.1) is 5.92 Å². The van der Waals surface area contributed by atoms with Crippen molar-refractivity contribution in [1.29, 1.82) is 0 Å². The van der Waals surface area contributed by atoms with Gasteiger partial charge in [0.25, 0.3) is 0 Å². The van der Waals surface area contributed by atoms with E-state index in [9.17, 15) is 4.79 Å². The highest BCUT2D eigenvalue weighted by molar-refractivity contribution is 9.10. The number of nitrogens with one attached hydrogen (secondary N) is 1. The molecular weight excluding hydrogens is 386 g/mol. The van der Waals surface area contributed by atoms with Gasteiger partial charge < -0.3 is 4.74 Å². The molecule has 25 heavy (non-hydrogen) atoms.